The van der Waals surface area contributed by atoms with E-state index in [0.717, 1.165) is 19.3 Å². The second kappa shape index (κ2) is 31.0. The molecule has 1 amide bonds. The van der Waals surface area contributed by atoms with Gasteiger partial charge in [0.1, 0.15) is 24.4 Å². The summed E-state index contributed by atoms with van der Waals surface area (Å²) in [6.07, 6.45) is 25.8. The molecule has 1 heterocycles. The van der Waals surface area contributed by atoms with Gasteiger partial charge >= 0.3 is 0 Å². The topological polar surface area (TPSA) is 149 Å². The molecule has 1 rings (SSSR count). The van der Waals surface area contributed by atoms with E-state index in [1.165, 1.54) is 135 Å². The lowest BCUT2D eigenvalue weighted by atomic mass is 9.99. The zero-order valence-corrected chi connectivity index (χ0v) is 31.0. The molecule has 9 nitrogen and oxygen atoms in total. The molecule has 286 valence electrons. The van der Waals surface area contributed by atoms with Crippen molar-refractivity contribution in [2.75, 3.05) is 13.2 Å². The Labute approximate surface area is 294 Å². The fourth-order valence-corrected chi connectivity index (χ4v) is 6.68. The lowest BCUT2D eigenvalue weighted by Crippen LogP contribution is -2.60. The van der Waals surface area contributed by atoms with E-state index in [-0.39, 0.29) is 12.5 Å². The van der Waals surface area contributed by atoms with E-state index in [2.05, 4.69) is 12.2 Å². The van der Waals surface area contributed by atoms with Crippen molar-refractivity contribution in [3.8, 4) is 0 Å². The molecule has 0 aromatic heterocycles. The Morgan fingerprint density at radius 2 is 1.04 bits per heavy atom. The van der Waals surface area contributed by atoms with Gasteiger partial charge in [-0.25, -0.2) is 0 Å². The van der Waals surface area contributed by atoms with Crippen LogP contribution >= 0.6 is 0 Å². The minimum atomic E-state index is -1.54. The number of unbranched alkanes of at least 4 members (excludes halogenated alkanes) is 23. The maximum Gasteiger partial charge on any atom is 0.220 e. The van der Waals surface area contributed by atoms with E-state index >= 15 is 0 Å². The number of hydrogen-bond donors (Lipinski definition) is 6. The van der Waals surface area contributed by atoms with Crippen LogP contribution in [-0.4, -0.2) is 87.5 Å². The average Bonchev–Trinajstić information content (AvgIpc) is 3.08. The summed E-state index contributed by atoms with van der Waals surface area (Å²) < 4.78 is 11.0. The minimum absolute atomic E-state index is 0.140. The molecule has 1 aliphatic rings. The first kappa shape index (κ1) is 45.2. The van der Waals surface area contributed by atoms with Crippen LogP contribution in [0.1, 0.15) is 187 Å². The Morgan fingerprint density at radius 3 is 1.44 bits per heavy atom. The largest absolute Gasteiger partial charge is 0.394 e. The molecule has 48 heavy (non-hydrogen) atoms. The molecular weight excluding hydrogens is 610 g/mol. The van der Waals surface area contributed by atoms with Crippen molar-refractivity contribution in [1.29, 1.82) is 0 Å². The highest BCUT2D eigenvalue weighted by Gasteiger charge is 2.44. The molecule has 1 aliphatic heterocycles. The highest BCUT2D eigenvalue weighted by atomic mass is 16.7. The number of hydrogen-bond acceptors (Lipinski definition) is 8. The SMILES string of the molecule is CCCCCCCCCCCCCCCCCCCCCCCCCCC(O)C(COC1OC(CO)C(O)C(O)C1O)NC(=O)CCC. The van der Waals surface area contributed by atoms with Crippen LogP contribution in [0.5, 0.6) is 0 Å². The van der Waals surface area contributed by atoms with Gasteiger partial charge in [0.15, 0.2) is 6.29 Å². The fraction of sp³-hybridized carbons (Fsp3) is 0.974. The van der Waals surface area contributed by atoms with Crippen LogP contribution < -0.4 is 5.32 Å². The summed E-state index contributed by atoms with van der Waals surface area (Å²) in [7, 11) is 0. The third-order valence-corrected chi connectivity index (χ3v) is 9.93. The third kappa shape index (κ3) is 22.1. The summed E-state index contributed by atoms with van der Waals surface area (Å²) in [6.45, 7) is 3.49. The number of aliphatic hydroxyl groups is 5. The molecule has 0 spiro atoms. The van der Waals surface area contributed by atoms with E-state index in [0.29, 0.717) is 19.3 Å². The van der Waals surface area contributed by atoms with E-state index in [1.807, 2.05) is 6.92 Å². The van der Waals surface area contributed by atoms with Crippen LogP contribution in [0.2, 0.25) is 0 Å². The predicted octanol–water partition coefficient (Wildman–Crippen LogP) is 7.22. The van der Waals surface area contributed by atoms with Crippen LogP contribution in [-0.2, 0) is 14.3 Å². The first-order valence-electron chi connectivity index (χ1n) is 20.2. The molecule has 6 N–H and O–H groups in total. The van der Waals surface area contributed by atoms with Gasteiger partial charge in [0.2, 0.25) is 5.91 Å². The number of carbonyl (C=O) groups is 1. The van der Waals surface area contributed by atoms with E-state index in [9.17, 15) is 30.3 Å². The number of rotatable bonds is 33. The normalized spacial score (nSPS) is 22.5. The number of carbonyl (C=O) groups excluding carboxylic acids is 1. The van der Waals surface area contributed by atoms with Gasteiger partial charge in [-0.1, -0.05) is 168 Å². The smallest absolute Gasteiger partial charge is 0.220 e. The van der Waals surface area contributed by atoms with Gasteiger partial charge in [-0.15, -0.1) is 0 Å². The van der Waals surface area contributed by atoms with Crippen LogP contribution in [0, 0.1) is 0 Å². The Kier molecular flexibility index (Phi) is 29.2. The van der Waals surface area contributed by atoms with Crippen molar-refractivity contribution in [2.45, 2.75) is 230 Å². The highest BCUT2D eigenvalue weighted by molar-refractivity contribution is 5.76. The second-order valence-corrected chi connectivity index (χ2v) is 14.4. The first-order valence-corrected chi connectivity index (χ1v) is 20.2. The summed E-state index contributed by atoms with van der Waals surface area (Å²) in [6, 6.07) is -0.707. The first-order chi connectivity index (χ1) is 23.3. The molecule has 0 saturated carbocycles. The Balaban J connectivity index is 2.04. The zero-order chi connectivity index (χ0) is 35.2. The Bertz CT molecular complexity index is 726. The van der Waals surface area contributed by atoms with Gasteiger partial charge in [0, 0.05) is 6.42 Å². The second-order valence-electron chi connectivity index (χ2n) is 14.4. The van der Waals surface area contributed by atoms with Crippen LogP contribution in [0.25, 0.3) is 0 Å². The molecule has 7 atom stereocenters. The number of ether oxygens (including phenoxy) is 2. The Morgan fingerprint density at radius 1 is 0.625 bits per heavy atom. The number of aliphatic hydroxyl groups excluding tert-OH is 5. The van der Waals surface area contributed by atoms with Crippen molar-refractivity contribution in [3.05, 3.63) is 0 Å². The summed E-state index contributed by atoms with van der Waals surface area (Å²) in [4.78, 5) is 12.3. The molecule has 0 aliphatic carbocycles. The zero-order valence-electron chi connectivity index (χ0n) is 31.0. The van der Waals surface area contributed by atoms with Crippen molar-refractivity contribution in [3.63, 3.8) is 0 Å². The van der Waals surface area contributed by atoms with Gasteiger partial charge in [-0.2, -0.15) is 0 Å². The molecule has 0 bridgehead atoms. The number of amides is 1. The van der Waals surface area contributed by atoms with Gasteiger partial charge in [0.05, 0.1) is 25.4 Å². The molecule has 1 fully saturated rings. The molecule has 9 heteroatoms. The van der Waals surface area contributed by atoms with Gasteiger partial charge in [0.25, 0.3) is 0 Å². The van der Waals surface area contributed by atoms with Gasteiger partial charge < -0.3 is 40.3 Å². The summed E-state index contributed by atoms with van der Waals surface area (Å²) in [5.74, 6) is -0.196. The molecule has 1 saturated heterocycles. The van der Waals surface area contributed by atoms with E-state index < -0.39 is 49.5 Å². The van der Waals surface area contributed by atoms with Gasteiger partial charge in [-0.3, -0.25) is 4.79 Å². The van der Waals surface area contributed by atoms with Crippen molar-refractivity contribution in [1.82, 2.24) is 5.32 Å². The third-order valence-electron chi connectivity index (χ3n) is 9.93. The molecule has 0 aromatic rings. The molecular formula is C39H77NO8. The maximum absolute atomic E-state index is 12.3. The predicted molar refractivity (Wildman–Crippen MR) is 194 cm³/mol. The quantitative estimate of drug-likeness (QED) is 0.0396. The standard InChI is InChI=1S/C39H77NO8/c1-3-5-6-7-8-9-10-11-12-13-14-15-16-17-18-19-20-21-22-23-24-25-26-27-29-33(42)32(40-35(43)28-4-2)31-47-39-38(46)37(45)36(44)34(30-41)48-39/h32-34,36-39,41-42,44-46H,3-31H2,1-2H3,(H,40,43). The highest BCUT2D eigenvalue weighted by Crippen LogP contribution is 2.23. The minimum Gasteiger partial charge on any atom is -0.394 e. The van der Waals surface area contributed by atoms with E-state index in [1.54, 1.807) is 0 Å². The van der Waals surface area contributed by atoms with Gasteiger partial charge in [-0.05, 0) is 12.8 Å². The van der Waals surface area contributed by atoms with Crippen molar-refractivity contribution >= 4 is 5.91 Å². The Hall–Kier alpha value is -0.810. The molecule has 0 aromatic carbocycles. The molecule has 0 radical (unpaired) electrons. The summed E-state index contributed by atoms with van der Waals surface area (Å²) >= 11 is 0. The fourth-order valence-electron chi connectivity index (χ4n) is 6.68. The maximum atomic E-state index is 12.3. The van der Waals surface area contributed by atoms with Crippen molar-refractivity contribution in [2.24, 2.45) is 0 Å². The lowest BCUT2D eigenvalue weighted by molar-refractivity contribution is -0.302. The molecule has 7 unspecified atom stereocenters. The van der Waals surface area contributed by atoms with E-state index in [4.69, 9.17) is 9.47 Å². The average molecular weight is 688 g/mol. The van der Waals surface area contributed by atoms with Crippen LogP contribution in [0.4, 0.5) is 0 Å². The van der Waals surface area contributed by atoms with Crippen LogP contribution in [0.3, 0.4) is 0 Å². The van der Waals surface area contributed by atoms with Crippen LogP contribution in [0.15, 0.2) is 0 Å². The van der Waals surface area contributed by atoms with Crippen molar-refractivity contribution < 1.29 is 39.8 Å². The number of nitrogens with one attached hydrogen (secondary N) is 1. The monoisotopic (exact) mass is 688 g/mol. The summed E-state index contributed by atoms with van der Waals surface area (Å²) in [5.41, 5.74) is 0. The summed E-state index contributed by atoms with van der Waals surface area (Å²) in [5, 5.41) is 53.3. The lowest BCUT2D eigenvalue weighted by Gasteiger charge is -2.40.